The van der Waals surface area contributed by atoms with Gasteiger partial charge in [-0.15, -0.1) is 11.8 Å². The second kappa shape index (κ2) is 8.42. The number of anilines is 1. The van der Waals surface area contributed by atoms with Gasteiger partial charge in [0, 0.05) is 16.5 Å². The summed E-state index contributed by atoms with van der Waals surface area (Å²) in [6.07, 6.45) is 1.63. The van der Waals surface area contributed by atoms with Crippen molar-refractivity contribution in [1.82, 2.24) is 0 Å². The normalized spacial score (nSPS) is 14.9. The molecule has 2 radical (unpaired) electrons. The molecule has 2 unspecified atom stereocenters. The van der Waals surface area contributed by atoms with Gasteiger partial charge in [0.1, 0.15) is 0 Å². The highest BCUT2D eigenvalue weighted by Gasteiger charge is 2.25. The van der Waals surface area contributed by atoms with Gasteiger partial charge in [0.05, 0.1) is 13.6 Å². The van der Waals surface area contributed by atoms with Crippen LogP contribution in [0.3, 0.4) is 0 Å². The van der Waals surface area contributed by atoms with Crippen molar-refractivity contribution in [3.63, 3.8) is 0 Å². The maximum Gasteiger partial charge on any atom is 0.234 e. The highest BCUT2D eigenvalue weighted by molar-refractivity contribution is 8.00. The molecule has 118 valence electrons. The number of Topliss-reactive ketones (excluding diaryl/α,β-unsaturated/α-hetero) is 1. The van der Waals surface area contributed by atoms with E-state index in [9.17, 15) is 9.59 Å². The van der Waals surface area contributed by atoms with Crippen molar-refractivity contribution >= 4 is 37.0 Å². The Morgan fingerprint density at radius 1 is 1.27 bits per heavy atom. The van der Waals surface area contributed by atoms with Crippen molar-refractivity contribution in [2.24, 2.45) is 0 Å². The largest absolute Gasteiger partial charge is 0.325 e. The fraction of sp³-hybridized carbons (Fsp3) is 0.529. The summed E-state index contributed by atoms with van der Waals surface area (Å²) < 4.78 is 0. The van der Waals surface area contributed by atoms with Gasteiger partial charge < -0.3 is 5.32 Å². The summed E-state index contributed by atoms with van der Waals surface area (Å²) in [6.45, 7) is 7.83. The number of benzene rings is 1. The van der Waals surface area contributed by atoms with Crippen LogP contribution in [0, 0.1) is 0 Å². The molecule has 0 aliphatic rings. The summed E-state index contributed by atoms with van der Waals surface area (Å²) in [6, 6.07) is 6.90. The van der Waals surface area contributed by atoms with Crippen LogP contribution in [0.1, 0.15) is 50.9 Å². The van der Waals surface area contributed by atoms with Gasteiger partial charge in [-0.2, -0.15) is 0 Å². The third-order valence-electron chi connectivity index (χ3n) is 3.76. The van der Waals surface area contributed by atoms with Crippen molar-refractivity contribution < 1.29 is 9.59 Å². The molecule has 22 heavy (non-hydrogen) atoms. The molecule has 0 fully saturated rings. The van der Waals surface area contributed by atoms with Crippen LogP contribution in [0.5, 0.6) is 0 Å². The summed E-state index contributed by atoms with van der Waals surface area (Å²) in [5, 5.41) is 2.46. The van der Waals surface area contributed by atoms with Crippen LogP contribution >= 0.6 is 11.8 Å². The molecule has 0 saturated carbocycles. The number of thioether (sulfide) groups is 1. The van der Waals surface area contributed by atoms with Gasteiger partial charge in [0.15, 0.2) is 5.78 Å². The molecule has 0 aliphatic heterocycles. The van der Waals surface area contributed by atoms with Gasteiger partial charge in [-0.05, 0) is 36.0 Å². The molecule has 1 N–H and O–H groups in total. The zero-order valence-electron chi connectivity index (χ0n) is 13.8. The van der Waals surface area contributed by atoms with E-state index in [4.69, 9.17) is 7.85 Å². The van der Waals surface area contributed by atoms with Crippen molar-refractivity contribution in [3.8, 4) is 0 Å². The lowest BCUT2D eigenvalue weighted by atomic mass is 9.64. The Bertz CT molecular complexity index is 514. The first-order valence-corrected chi connectivity index (χ1v) is 8.70. The lowest BCUT2D eigenvalue weighted by Crippen LogP contribution is -2.20. The molecule has 1 rings (SSSR count). The zero-order chi connectivity index (χ0) is 16.8. The number of hydrogen-bond donors (Lipinski definition) is 1. The van der Waals surface area contributed by atoms with Crippen molar-refractivity contribution in [1.29, 1.82) is 0 Å². The second-order valence-electron chi connectivity index (χ2n) is 5.76. The Morgan fingerprint density at radius 3 is 2.36 bits per heavy atom. The molecule has 1 amide bonds. The maximum absolute atomic E-state index is 12.2. The molecule has 0 heterocycles. The minimum atomic E-state index is -0.850. The van der Waals surface area contributed by atoms with Crippen LogP contribution in [-0.4, -0.2) is 30.5 Å². The molecule has 0 spiro atoms. The van der Waals surface area contributed by atoms with E-state index in [1.807, 2.05) is 6.92 Å². The summed E-state index contributed by atoms with van der Waals surface area (Å²) >= 11 is 1.64. The van der Waals surface area contributed by atoms with Crippen LogP contribution in [-0.2, 0) is 4.79 Å². The van der Waals surface area contributed by atoms with Gasteiger partial charge in [-0.25, -0.2) is 0 Å². The Morgan fingerprint density at radius 2 is 1.86 bits per heavy atom. The molecule has 1 aromatic carbocycles. The number of rotatable bonds is 8. The summed E-state index contributed by atoms with van der Waals surface area (Å²) in [5.74, 6) is 0.327. The third-order valence-corrected chi connectivity index (χ3v) is 5.09. The fourth-order valence-corrected chi connectivity index (χ4v) is 2.47. The number of amides is 1. The zero-order valence-corrected chi connectivity index (χ0v) is 14.6. The first-order valence-electron chi connectivity index (χ1n) is 7.65. The van der Waals surface area contributed by atoms with Gasteiger partial charge in [-0.3, -0.25) is 9.59 Å². The number of ketones is 1. The fourth-order valence-electron chi connectivity index (χ4n) is 1.73. The Labute approximate surface area is 139 Å². The van der Waals surface area contributed by atoms with Crippen molar-refractivity contribution in [2.45, 2.75) is 51.1 Å². The minimum Gasteiger partial charge on any atom is -0.325 e. The van der Waals surface area contributed by atoms with Crippen LogP contribution < -0.4 is 5.32 Å². The Kier molecular flexibility index (Phi) is 7.20. The number of nitrogens with one attached hydrogen (secondary N) is 1. The van der Waals surface area contributed by atoms with Crippen LogP contribution in [0.15, 0.2) is 24.3 Å². The molecule has 5 heteroatoms. The van der Waals surface area contributed by atoms with E-state index in [1.165, 1.54) is 0 Å². The number of hydrogen-bond acceptors (Lipinski definition) is 3. The first kappa shape index (κ1) is 18.8. The summed E-state index contributed by atoms with van der Waals surface area (Å²) in [7, 11) is 5.97. The minimum absolute atomic E-state index is 0.0263. The molecule has 1 aromatic rings. The molecule has 0 bridgehead atoms. The smallest absolute Gasteiger partial charge is 0.234 e. The number of carbonyl (C=O) groups is 2. The predicted molar refractivity (Wildman–Crippen MR) is 96.0 cm³/mol. The highest BCUT2D eigenvalue weighted by atomic mass is 32.2. The molecule has 0 saturated heterocycles. The topological polar surface area (TPSA) is 46.2 Å². The van der Waals surface area contributed by atoms with E-state index in [2.05, 4.69) is 19.2 Å². The summed E-state index contributed by atoms with van der Waals surface area (Å²) in [4.78, 5) is 24.1. The maximum atomic E-state index is 12.2. The van der Waals surface area contributed by atoms with Crippen LogP contribution in [0.2, 0.25) is 5.31 Å². The Hall–Kier alpha value is -1.23. The van der Waals surface area contributed by atoms with Crippen molar-refractivity contribution in [2.75, 3.05) is 11.1 Å². The lowest BCUT2D eigenvalue weighted by Gasteiger charge is -2.21. The van der Waals surface area contributed by atoms with Gasteiger partial charge >= 0.3 is 0 Å². The monoisotopic (exact) mass is 317 g/mol. The highest BCUT2D eigenvalue weighted by Crippen LogP contribution is 2.30. The number of carbonyl (C=O) groups excluding carboxylic acids is 2. The summed E-state index contributed by atoms with van der Waals surface area (Å²) in [5.41, 5.74) is 1.26. The lowest BCUT2D eigenvalue weighted by molar-refractivity contribution is -0.113. The first-order chi connectivity index (χ1) is 10.3. The molecule has 3 nitrogen and oxygen atoms in total. The predicted octanol–water partition coefficient (Wildman–Crippen LogP) is 4.10. The van der Waals surface area contributed by atoms with E-state index in [-0.39, 0.29) is 11.7 Å². The van der Waals surface area contributed by atoms with Crippen LogP contribution in [0.4, 0.5) is 5.69 Å². The Balaban J connectivity index is 2.62. The van der Waals surface area contributed by atoms with E-state index >= 15 is 0 Å². The average Bonchev–Trinajstić information content (AvgIpc) is 2.52. The molecule has 0 aromatic heterocycles. The molecular formula is C17H24BNO2S. The van der Waals surface area contributed by atoms with Gasteiger partial charge in [0.25, 0.3) is 0 Å². The van der Waals surface area contributed by atoms with Crippen LogP contribution in [0.25, 0.3) is 0 Å². The van der Waals surface area contributed by atoms with E-state index < -0.39 is 5.31 Å². The van der Waals surface area contributed by atoms with E-state index in [0.29, 0.717) is 28.7 Å². The van der Waals surface area contributed by atoms with Gasteiger partial charge in [0.2, 0.25) is 5.91 Å². The second-order valence-corrected chi connectivity index (χ2v) is 7.18. The molecule has 2 atom stereocenters. The van der Waals surface area contributed by atoms with Gasteiger partial charge in [-0.1, -0.05) is 34.1 Å². The SMILES string of the molecule is [B]C(C)(CC)C(=O)c1ccc(NC(=O)CSC(C)CC)cc1. The quantitative estimate of drug-likeness (QED) is 0.580. The van der Waals surface area contributed by atoms with E-state index in [1.54, 1.807) is 43.0 Å². The average molecular weight is 317 g/mol. The third kappa shape index (κ3) is 5.52. The standard InChI is InChI=1S/C17H24BNO2S/c1-5-12(3)22-11-15(20)19-14-9-7-13(8-10-14)16(21)17(4,18)6-2/h7-10,12H,5-6,11H2,1-4H3,(H,19,20). The van der Waals surface area contributed by atoms with Crippen molar-refractivity contribution in [3.05, 3.63) is 29.8 Å². The molecule has 0 aliphatic carbocycles. The van der Waals surface area contributed by atoms with E-state index in [0.717, 1.165) is 6.42 Å². The molecular weight excluding hydrogens is 293 g/mol.